The highest BCUT2D eigenvalue weighted by Gasteiger charge is 2.27. The summed E-state index contributed by atoms with van der Waals surface area (Å²) < 4.78 is 22.8. The van der Waals surface area contributed by atoms with Gasteiger partial charge in [-0.05, 0) is 19.3 Å². The predicted octanol–water partition coefficient (Wildman–Crippen LogP) is 3.39. The lowest BCUT2D eigenvalue weighted by molar-refractivity contribution is -0.870. The van der Waals surface area contributed by atoms with E-state index in [9.17, 15) is 19.4 Å². The van der Waals surface area contributed by atoms with Crippen molar-refractivity contribution in [2.75, 3.05) is 40.9 Å². The van der Waals surface area contributed by atoms with Gasteiger partial charge in [-0.25, -0.2) is 4.57 Å². The number of quaternary nitrogens is 1. The first-order valence-corrected chi connectivity index (χ1v) is 12.6. The van der Waals surface area contributed by atoms with E-state index in [1.54, 1.807) is 6.08 Å². The summed E-state index contributed by atoms with van der Waals surface area (Å²) in [6, 6.07) is -0.830. The van der Waals surface area contributed by atoms with E-state index in [1.807, 2.05) is 27.2 Å². The van der Waals surface area contributed by atoms with Gasteiger partial charge < -0.3 is 19.8 Å². The molecule has 0 aromatic rings. The second-order valence-electron chi connectivity index (χ2n) is 8.66. The lowest BCUT2D eigenvalue weighted by atomic mass is 10.1. The van der Waals surface area contributed by atoms with Crippen molar-refractivity contribution in [3.8, 4) is 0 Å². The standard InChI is InChI=1S/C21H43N2O6P/c1-6-8-10-11-13-14-20(24)19(22-21(25)15-12-9-7-2)18-29-30(26,27)28-17-16-23(3,4)5/h13-14,19-20,24H,6-12,15-18H2,1-5H3,(H-,22,25,26,27)/p+1/b14-13+/t19-,20+/m0/s1. The van der Waals surface area contributed by atoms with Crippen molar-refractivity contribution in [2.45, 2.75) is 77.4 Å². The number of allylic oxidation sites excluding steroid dienone is 1. The predicted molar refractivity (Wildman–Crippen MR) is 120 cm³/mol. The fourth-order valence-electron chi connectivity index (χ4n) is 2.56. The van der Waals surface area contributed by atoms with Crippen LogP contribution in [0.2, 0.25) is 0 Å². The number of amides is 1. The summed E-state index contributed by atoms with van der Waals surface area (Å²) in [5, 5.41) is 13.2. The smallest absolute Gasteiger partial charge is 0.387 e. The van der Waals surface area contributed by atoms with Crippen molar-refractivity contribution in [2.24, 2.45) is 0 Å². The Labute approximate surface area is 182 Å². The molecule has 0 aromatic heterocycles. The first-order valence-electron chi connectivity index (χ1n) is 11.1. The lowest BCUT2D eigenvalue weighted by Crippen LogP contribution is -2.45. The van der Waals surface area contributed by atoms with E-state index >= 15 is 0 Å². The Morgan fingerprint density at radius 1 is 1.10 bits per heavy atom. The van der Waals surface area contributed by atoms with E-state index in [4.69, 9.17) is 9.05 Å². The zero-order chi connectivity index (χ0) is 23.0. The van der Waals surface area contributed by atoms with Crippen LogP contribution in [-0.2, 0) is 18.4 Å². The normalized spacial score (nSPS) is 16.4. The summed E-state index contributed by atoms with van der Waals surface area (Å²) in [5.41, 5.74) is 0. The fourth-order valence-corrected chi connectivity index (χ4v) is 3.30. The van der Waals surface area contributed by atoms with Gasteiger partial charge in [0.2, 0.25) is 5.91 Å². The number of nitrogens with zero attached hydrogens (tertiary/aromatic N) is 1. The van der Waals surface area contributed by atoms with Gasteiger partial charge in [0.1, 0.15) is 13.2 Å². The minimum atomic E-state index is -4.28. The number of unbranched alkanes of at least 4 members (excludes halogenated alkanes) is 5. The van der Waals surface area contributed by atoms with Crippen LogP contribution in [0.25, 0.3) is 0 Å². The Morgan fingerprint density at radius 2 is 1.73 bits per heavy atom. The maximum Gasteiger partial charge on any atom is 0.472 e. The molecule has 0 saturated carbocycles. The van der Waals surface area contributed by atoms with Gasteiger partial charge in [-0.1, -0.05) is 51.7 Å². The van der Waals surface area contributed by atoms with Gasteiger partial charge in [-0.2, -0.15) is 0 Å². The first kappa shape index (κ1) is 29.2. The lowest BCUT2D eigenvalue weighted by Gasteiger charge is -2.25. The molecule has 3 atom stereocenters. The van der Waals surface area contributed by atoms with Crippen LogP contribution in [0.5, 0.6) is 0 Å². The zero-order valence-electron chi connectivity index (χ0n) is 19.5. The molecule has 3 N–H and O–H groups in total. The molecule has 1 unspecified atom stereocenters. The highest BCUT2D eigenvalue weighted by Crippen LogP contribution is 2.43. The molecule has 1 amide bonds. The van der Waals surface area contributed by atoms with E-state index < -0.39 is 20.0 Å². The molecule has 0 radical (unpaired) electrons. The van der Waals surface area contributed by atoms with Crippen LogP contribution in [-0.4, -0.2) is 73.4 Å². The molecule has 0 aromatic carbocycles. The molecule has 8 nitrogen and oxygen atoms in total. The van der Waals surface area contributed by atoms with Crippen LogP contribution in [0.15, 0.2) is 12.2 Å². The number of phosphoric acid groups is 1. The van der Waals surface area contributed by atoms with E-state index in [-0.39, 0.29) is 19.1 Å². The average molecular weight is 452 g/mol. The quantitative estimate of drug-likeness (QED) is 0.128. The summed E-state index contributed by atoms with van der Waals surface area (Å²) in [6.07, 6.45) is 9.57. The van der Waals surface area contributed by atoms with Gasteiger partial charge in [0.15, 0.2) is 0 Å². The van der Waals surface area contributed by atoms with E-state index in [1.165, 1.54) is 0 Å². The number of hydrogen-bond donors (Lipinski definition) is 3. The summed E-state index contributed by atoms with van der Waals surface area (Å²) in [4.78, 5) is 22.1. The number of carbonyl (C=O) groups is 1. The Bertz CT molecular complexity index is 536. The fraction of sp³-hybridized carbons (Fsp3) is 0.857. The summed E-state index contributed by atoms with van der Waals surface area (Å²) in [7, 11) is 1.55. The minimum Gasteiger partial charge on any atom is -0.387 e. The molecule has 0 heterocycles. The zero-order valence-corrected chi connectivity index (χ0v) is 20.4. The maximum absolute atomic E-state index is 12.2. The van der Waals surface area contributed by atoms with Gasteiger partial charge in [0, 0.05) is 6.42 Å². The molecule has 0 aliphatic carbocycles. The number of rotatable bonds is 18. The van der Waals surface area contributed by atoms with Crippen molar-refractivity contribution in [3.63, 3.8) is 0 Å². The highest BCUT2D eigenvalue weighted by atomic mass is 31.2. The van der Waals surface area contributed by atoms with Crippen LogP contribution in [0.4, 0.5) is 0 Å². The number of likely N-dealkylation sites (N-methyl/N-ethyl adjacent to an activating group) is 1. The second kappa shape index (κ2) is 16.0. The Balaban J connectivity index is 4.80. The van der Waals surface area contributed by atoms with Crippen molar-refractivity contribution < 1.29 is 32.9 Å². The summed E-state index contributed by atoms with van der Waals surface area (Å²) >= 11 is 0. The van der Waals surface area contributed by atoms with Crippen molar-refractivity contribution in [1.29, 1.82) is 0 Å². The van der Waals surface area contributed by atoms with Gasteiger partial charge in [0.25, 0.3) is 0 Å². The molecule has 9 heteroatoms. The van der Waals surface area contributed by atoms with Crippen LogP contribution in [0, 0.1) is 0 Å². The molecule has 0 aliphatic rings. The van der Waals surface area contributed by atoms with Crippen LogP contribution in [0.1, 0.15) is 65.2 Å². The molecule has 178 valence electrons. The van der Waals surface area contributed by atoms with Crippen LogP contribution in [0.3, 0.4) is 0 Å². The molecule has 0 fully saturated rings. The third-order valence-corrected chi connectivity index (χ3v) is 5.49. The molecule has 0 bridgehead atoms. The maximum atomic E-state index is 12.2. The number of nitrogens with one attached hydrogen (secondary N) is 1. The number of carbonyl (C=O) groups excluding carboxylic acids is 1. The monoisotopic (exact) mass is 451 g/mol. The topological polar surface area (TPSA) is 105 Å². The SMILES string of the molecule is CCCCC/C=C/[C@@H](O)[C@H](COP(=O)(O)OCC[N+](C)(C)C)NC(=O)CCCCC. The van der Waals surface area contributed by atoms with Gasteiger partial charge in [-0.15, -0.1) is 0 Å². The van der Waals surface area contributed by atoms with E-state index in [0.717, 1.165) is 44.9 Å². The van der Waals surface area contributed by atoms with E-state index in [2.05, 4.69) is 19.2 Å². The average Bonchev–Trinajstić information content (AvgIpc) is 2.63. The largest absolute Gasteiger partial charge is 0.472 e. The molecular formula is C21H44N2O6P+. The van der Waals surface area contributed by atoms with Crippen molar-refractivity contribution in [3.05, 3.63) is 12.2 Å². The third kappa shape index (κ3) is 17.0. The Hall–Kier alpha value is -0.760. The molecule has 0 spiro atoms. The number of aliphatic hydroxyl groups excluding tert-OH is 1. The van der Waals surface area contributed by atoms with E-state index in [0.29, 0.717) is 17.4 Å². The molecule has 0 aliphatic heterocycles. The molecule has 0 rings (SSSR count). The minimum absolute atomic E-state index is 0.0607. The Kier molecular flexibility index (Phi) is 15.6. The highest BCUT2D eigenvalue weighted by molar-refractivity contribution is 7.47. The Morgan fingerprint density at radius 3 is 2.33 bits per heavy atom. The molecule has 30 heavy (non-hydrogen) atoms. The van der Waals surface area contributed by atoms with Crippen LogP contribution < -0.4 is 5.32 Å². The van der Waals surface area contributed by atoms with Crippen molar-refractivity contribution >= 4 is 13.7 Å². The molecular weight excluding hydrogens is 407 g/mol. The number of hydrogen-bond acceptors (Lipinski definition) is 5. The van der Waals surface area contributed by atoms with Gasteiger partial charge in [0.05, 0.1) is 39.9 Å². The van der Waals surface area contributed by atoms with Gasteiger partial charge >= 0.3 is 7.82 Å². The summed E-state index contributed by atoms with van der Waals surface area (Å²) in [5.74, 6) is -0.214. The first-order chi connectivity index (χ1) is 14.0. The summed E-state index contributed by atoms with van der Waals surface area (Å²) in [6.45, 7) is 4.45. The second-order valence-corrected chi connectivity index (χ2v) is 10.1. The third-order valence-electron chi connectivity index (χ3n) is 4.51. The van der Waals surface area contributed by atoms with Crippen LogP contribution >= 0.6 is 7.82 Å². The van der Waals surface area contributed by atoms with Gasteiger partial charge in [-0.3, -0.25) is 13.8 Å². The number of phosphoric ester groups is 1. The number of aliphatic hydroxyl groups is 1. The van der Waals surface area contributed by atoms with Crippen molar-refractivity contribution in [1.82, 2.24) is 5.32 Å². The molecule has 0 saturated heterocycles.